The number of likely N-dealkylation sites (N-methyl/N-ethyl adjacent to an activating group) is 1. The van der Waals surface area contributed by atoms with Crippen LogP contribution in [0.5, 0.6) is 0 Å². The average molecular weight is 484 g/mol. The molecule has 4 saturated carbocycles. The van der Waals surface area contributed by atoms with Crippen LogP contribution >= 0.6 is 0 Å². The fraction of sp³-hybridized carbons (Fsp3) is 0.759. The molecule has 6 nitrogen and oxygen atoms in total. The third kappa shape index (κ3) is 7.20. The van der Waals surface area contributed by atoms with Gasteiger partial charge in [0.2, 0.25) is 5.91 Å². The van der Waals surface area contributed by atoms with E-state index < -0.39 is 0 Å². The molecule has 1 heterocycles. The predicted octanol–water partition coefficient (Wildman–Crippen LogP) is 5.71. The average Bonchev–Trinajstić information content (AvgIpc) is 2.81. The van der Waals surface area contributed by atoms with Crippen LogP contribution in [0.2, 0.25) is 0 Å². The largest absolute Gasteiger partial charge is 0.447 e. The van der Waals surface area contributed by atoms with Crippen molar-refractivity contribution in [3.8, 4) is 0 Å². The minimum absolute atomic E-state index is 0.140. The summed E-state index contributed by atoms with van der Waals surface area (Å²) in [5.41, 5.74) is 1.73. The summed E-state index contributed by atoms with van der Waals surface area (Å²) >= 11 is 0. The first-order valence-corrected chi connectivity index (χ1v) is 13.9. The highest BCUT2D eigenvalue weighted by atomic mass is 16.6. The highest BCUT2D eigenvalue weighted by Gasteiger charge is 2.50. The number of nitrogens with zero attached hydrogens (tertiary/aromatic N) is 3. The Morgan fingerprint density at radius 3 is 2.23 bits per heavy atom. The summed E-state index contributed by atoms with van der Waals surface area (Å²) in [6, 6.07) is 4.09. The molecule has 0 N–H and O–H groups in total. The van der Waals surface area contributed by atoms with Gasteiger partial charge in [-0.25, -0.2) is 4.79 Å². The molecule has 0 atom stereocenters. The number of aryl methyl sites for hydroxylation is 1. The van der Waals surface area contributed by atoms with Crippen LogP contribution in [0.15, 0.2) is 24.5 Å². The molecule has 1 aromatic heterocycles. The molecule has 35 heavy (non-hydrogen) atoms. The van der Waals surface area contributed by atoms with Crippen LogP contribution in [0.1, 0.15) is 83.6 Å². The molecule has 0 unspecified atom stereocenters. The number of carbonyl (C=O) groups excluding carboxylic acids is 2. The molecule has 4 aliphatic rings. The normalized spacial score (nSPS) is 26.7. The van der Waals surface area contributed by atoms with E-state index in [2.05, 4.69) is 4.98 Å². The molecule has 4 aliphatic carbocycles. The van der Waals surface area contributed by atoms with Gasteiger partial charge in [-0.3, -0.25) is 9.78 Å². The maximum Gasteiger partial charge on any atom is 0.409 e. The minimum Gasteiger partial charge on any atom is -0.447 e. The van der Waals surface area contributed by atoms with Gasteiger partial charge in [0.15, 0.2) is 0 Å². The molecule has 0 spiro atoms. The lowest BCUT2D eigenvalue weighted by molar-refractivity contribution is -0.132. The van der Waals surface area contributed by atoms with E-state index >= 15 is 0 Å². The van der Waals surface area contributed by atoms with Gasteiger partial charge >= 0.3 is 6.09 Å². The maximum absolute atomic E-state index is 13.3. The van der Waals surface area contributed by atoms with Crippen LogP contribution in [0.25, 0.3) is 0 Å². The Morgan fingerprint density at radius 2 is 1.63 bits per heavy atom. The SMILES string of the molecule is CC(C)OC(=O)N(C)CCN(CCC12CC3CC(CC(C3)C1)C2)C(=O)CCCCc1ccncc1. The molecule has 2 amide bonds. The van der Waals surface area contributed by atoms with Gasteiger partial charge in [0, 0.05) is 45.5 Å². The summed E-state index contributed by atoms with van der Waals surface area (Å²) in [5, 5.41) is 0. The van der Waals surface area contributed by atoms with Gasteiger partial charge in [-0.15, -0.1) is 0 Å². The number of aromatic nitrogens is 1. The second-order valence-electron chi connectivity index (χ2n) is 12.0. The van der Waals surface area contributed by atoms with Gasteiger partial charge in [0.1, 0.15) is 0 Å². The van der Waals surface area contributed by atoms with Crippen molar-refractivity contribution in [1.82, 2.24) is 14.8 Å². The van der Waals surface area contributed by atoms with Gasteiger partial charge in [0.25, 0.3) is 0 Å². The second-order valence-corrected chi connectivity index (χ2v) is 12.0. The van der Waals surface area contributed by atoms with Crippen molar-refractivity contribution in [3.63, 3.8) is 0 Å². The molecule has 1 aromatic rings. The molecule has 4 bridgehead atoms. The first-order valence-electron chi connectivity index (χ1n) is 13.9. The Morgan fingerprint density at radius 1 is 1.00 bits per heavy atom. The highest BCUT2D eigenvalue weighted by Crippen LogP contribution is 2.61. The lowest BCUT2D eigenvalue weighted by atomic mass is 9.49. The van der Waals surface area contributed by atoms with E-state index in [9.17, 15) is 9.59 Å². The Balaban J connectivity index is 1.30. The van der Waals surface area contributed by atoms with Crippen LogP contribution < -0.4 is 0 Å². The summed E-state index contributed by atoms with van der Waals surface area (Å²) < 4.78 is 5.33. The molecular weight excluding hydrogens is 438 g/mol. The van der Waals surface area contributed by atoms with Crippen molar-refractivity contribution in [2.24, 2.45) is 23.2 Å². The number of amides is 2. The molecule has 0 saturated heterocycles. The van der Waals surface area contributed by atoms with Gasteiger partial charge in [-0.05, 0) is 119 Å². The summed E-state index contributed by atoms with van der Waals surface area (Å²) in [6.45, 7) is 5.63. The van der Waals surface area contributed by atoms with Crippen LogP contribution in [0.4, 0.5) is 4.79 Å². The molecule has 5 rings (SSSR count). The number of hydrogen-bond donors (Lipinski definition) is 0. The standard InChI is InChI=1S/C29H45N3O3/c1-22(2)35-28(34)31(3)14-15-32(27(33)7-5-4-6-23-8-11-30-12-9-23)13-10-29-19-24-16-25(20-29)18-26(17-24)21-29/h8-9,11-12,22,24-26H,4-7,10,13-21H2,1-3H3. The molecule has 0 radical (unpaired) electrons. The zero-order chi connectivity index (χ0) is 24.8. The van der Waals surface area contributed by atoms with E-state index in [1.165, 1.54) is 44.1 Å². The lowest BCUT2D eigenvalue weighted by Gasteiger charge is -2.57. The topological polar surface area (TPSA) is 62.7 Å². The first-order chi connectivity index (χ1) is 16.8. The van der Waals surface area contributed by atoms with E-state index in [1.54, 1.807) is 11.9 Å². The van der Waals surface area contributed by atoms with Gasteiger partial charge in [-0.1, -0.05) is 0 Å². The zero-order valence-electron chi connectivity index (χ0n) is 22.1. The van der Waals surface area contributed by atoms with Gasteiger partial charge in [0.05, 0.1) is 6.10 Å². The van der Waals surface area contributed by atoms with Crippen molar-refractivity contribution in [2.75, 3.05) is 26.7 Å². The maximum atomic E-state index is 13.3. The second kappa shape index (κ2) is 11.7. The van der Waals surface area contributed by atoms with Crippen LogP contribution in [0, 0.1) is 23.2 Å². The predicted molar refractivity (Wildman–Crippen MR) is 138 cm³/mol. The minimum atomic E-state index is -0.314. The summed E-state index contributed by atoms with van der Waals surface area (Å²) in [7, 11) is 1.77. The number of unbranched alkanes of at least 4 members (excludes halogenated alkanes) is 1. The van der Waals surface area contributed by atoms with Crippen LogP contribution in [-0.4, -0.2) is 59.6 Å². The quantitative estimate of drug-likeness (QED) is 0.358. The molecule has 0 aromatic carbocycles. The monoisotopic (exact) mass is 483 g/mol. The Labute approximate surface area is 211 Å². The molecule has 4 fully saturated rings. The van der Waals surface area contributed by atoms with Crippen molar-refractivity contribution in [2.45, 2.75) is 90.6 Å². The number of pyridine rings is 1. The van der Waals surface area contributed by atoms with E-state index in [-0.39, 0.29) is 18.1 Å². The van der Waals surface area contributed by atoms with Crippen molar-refractivity contribution < 1.29 is 14.3 Å². The summed E-state index contributed by atoms with van der Waals surface area (Å²) in [5.74, 6) is 3.01. The van der Waals surface area contributed by atoms with Crippen molar-refractivity contribution in [1.29, 1.82) is 0 Å². The number of rotatable bonds is 12. The molecular formula is C29H45N3O3. The molecule has 194 valence electrons. The van der Waals surface area contributed by atoms with E-state index in [4.69, 9.17) is 4.74 Å². The summed E-state index contributed by atoms with van der Waals surface area (Å²) in [4.78, 5) is 33.3. The van der Waals surface area contributed by atoms with Crippen LogP contribution in [0.3, 0.4) is 0 Å². The highest BCUT2D eigenvalue weighted by molar-refractivity contribution is 5.76. The van der Waals surface area contributed by atoms with E-state index in [0.717, 1.165) is 50.0 Å². The fourth-order valence-corrected chi connectivity index (χ4v) is 7.30. The third-order valence-corrected chi connectivity index (χ3v) is 8.64. The van der Waals surface area contributed by atoms with E-state index in [1.807, 2.05) is 43.3 Å². The van der Waals surface area contributed by atoms with Crippen LogP contribution in [-0.2, 0) is 16.0 Å². The van der Waals surface area contributed by atoms with Crippen molar-refractivity contribution >= 4 is 12.0 Å². The fourth-order valence-electron chi connectivity index (χ4n) is 7.30. The smallest absolute Gasteiger partial charge is 0.409 e. The van der Waals surface area contributed by atoms with Gasteiger partial charge < -0.3 is 14.5 Å². The number of ether oxygens (including phenoxy) is 1. The first kappa shape index (κ1) is 26.0. The van der Waals surface area contributed by atoms with Gasteiger partial charge in [-0.2, -0.15) is 0 Å². The number of hydrogen-bond acceptors (Lipinski definition) is 4. The number of carbonyl (C=O) groups is 2. The molecule has 6 heteroatoms. The zero-order valence-corrected chi connectivity index (χ0v) is 22.1. The Bertz CT molecular complexity index is 806. The van der Waals surface area contributed by atoms with E-state index in [0.29, 0.717) is 24.9 Å². The Kier molecular flexibility index (Phi) is 8.72. The molecule has 0 aliphatic heterocycles. The third-order valence-electron chi connectivity index (χ3n) is 8.64. The van der Waals surface area contributed by atoms with Crippen molar-refractivity contribution in [3.05, 3.63) is 30.1 Å². The Hall–Kier alpha value is -2.11. The lowest BCUT2D eigenvalue weighted by Crippen LogP contribution is -2.48. The summed E-state index contributed by atoms with van der Waals surface area (Å²) in [6.07, 6.45) is 16.2.